The lowest BCUT2D eigenvalue weighted by atomic mass is 9.74. The van der Waals surface area contributed by atoms with Crippen molar-refractivity contribution < 1.29 is 4.74 Å². The summed E-state index contributed by atoms with van der Waals surface area (Å²) < 4.78 is 5.40. The second-order valence-corrected chi connectivity index (χ2v) is 6.91. The molecule has 2 heteroatoms. The van der Waals surface area contributed by atoms with Gasteiger partial charge in [0.15, 0.2) is 0 Å². The van der Waals surface area contributed by atoms with Gasteiger partial charge in [0, 0.05) is 18.0 Å². The summed E-state index contributed by atoms with van der Waals surface area (Å²) >= 11 is 0. The topological polar surface area (TPSA) is 21.3 Å². The monoisotopic (exact) mass is 245 g/mol. The van der Waals surface area contributed by atoms with Crippen LogP contribution in [0.4, 0.5) is 0 Å². The van der Waals surface area contributed by atoms with Crippen molar-refractivity contribution in [3.8, 4) is 5.75 Å². The third kappa shape index (κ3) is 1.74. The van der Waals surface area contributed by atoms with Crippen molar-refractivity contribution in [3.63, 3.8) is 0 Å². The fourth-order valence-corrected chi connectivity index (χ4v) is 3.25. The van der Waals surface area contributed by atoms with Gasteiger partial charge in [-0.05, 0) is 41.5 Å². The van der Waals surface area contributed by atoms with Crippen LogP contribution in [-0.4, -0.2) is 13.7 Å². The highest BCUT2D eigenvalue weighted by molar-refractivity contribution is 5.48. The molecule has 1 unspecified atom stereocenters. The molecule has 98 valence electrons. The number of ether oxygens (including phenoxy) is 1. The highest BCUT2D eigenvalue weighted by atomic mass is 16.5. The van der Waals surface area contributed by atoms with Crippen LogP contribution in [0, 0.1) is 5.41 Å². The molecule has 0 amide bonds. The predicted octanol–water partition coefficient (Wildman–Crippen LogP) is 3.42. The second kappa shape index (κ2) is 3.74. The summed E-state index contributed by atoms with van der Waals surface area (Å²) in [5, 5.41) is 3.76. The van der Waals surface area contributed by atoms with E-state index < -0.39 is 0 Å². The number of methoxy groups -OCH3 is 1. The third-order valence-electron chi connectivity index (χ3n) is 4.51. The van der Waals surface area contributed by atoms with E-state index in [0.29, 0.717) is 11.5 Å². The summed E-state index contributed by atoms with van der Waals surface area (Å²) in [6, 6.07) is 7.07. The van der Waals surface area contributed by atoms with Gasteiger partial charge in [-0.2, -0.15) is 0 Å². The zero-order chi connectivity index (χ0) is 13.0. The van der Waals surface area contributed by atoms with Crippen molar-refractivity contribution in [2.24, 2.45) is 5.41 Å². The van der Waals surface area contributed by atoms with Crippen molar-refractivity contribution in [3.05, 3.63) is 29.3 Å². The second-order valence-electron chi connectivity index (χ2n) is 6.91. The Labute approximate surface area is 110 Å². The molecule has 1 aliphatic heterocycles. The van der Waals surface area contributed by atoms with Crippen LogP contribution in [0.15, 0.2) is 18.2 Å². The van der Waals surface area contributed by atoms with Crippen LogP contribution in [0.1, 0.15) is 50.8 Å². The molecule has 1 spiro atoms. The van der Waals surface area contributed by atoms with Crippen molar-refractivity contribution in [2.75, 3.05) is 13.7 Å². The summed E-state index contributed by atoms with van der Waals surface area (Å²) in [5.41, 5.74) is 3.67. The van der Waals surface area contributed by atoms with Gasteiger partial charge in [-0.25, -0.2) is 0 Å². The molecule has 0 saturated heterocycles. The Hall–Kier alpha value is -1.02. The summed E-state index contributed by atoms with van der Waals surface area (Å²) in [6.07, 6.45) is 2.63. The number of nitrogens with one attached hydrogen (secondary N) is 1. The van der Waals surface area contributed by atoms with Gasteiger partial charge in [-0.15, -0.1) is 0 Å². The maximum atomic E-state index is 5.40. The summed E-state index contributed by atoms with van der Waals surface area (Å²) in [4.78, 5) is 0. The Balaban J connectivity index is 2.09. The molecule has 0 radical (unpaired) electrons. The normalized spacial score (nSPS) is 24.8. The lowest BCUT2D eigenvalue weighted by Gasteiger charge is -2.40. The Bertz CT molecular complexity index is 468. The quantitative estimate of drug-likeness (QED) is 0.818. The molecular formula is C16H23NO. The summed E-state index contributed by atoms with van der Waals surface area (Å²) in [7, 11) is 1.75. The average Bonchev–Trinajstić information content (AvgIpc) is 3.08. The fraction of sp³-hybridized carbons (Fsp3) is 0.625. The Morgan fingerprint density at radius 3 is 2.56 bits per heavy atom. The van der Waals surface area contributed by atoms with Gasteiger partial charge in [0.2, 0.25) is 0 Å². The van der Waals surface area contributed by atoms with Gasteiger partial charge in [-0.3, -0.25) is 0 Å². The standard InChI is InChI=1S/C16H23NO/c1-15(2,3)14-12-6-5-11(18-4)9-13(12)16(7-8-16)10-17-14/h5-6,9,14,17H,7-8,10H2,1-4H3. The van der Waals surface area contributed by atoms with Gasteiger partial charge in [-0.1, -0.05) is 26.8 Å². The maximum Gasteiger partial charge on any atom is 0.119 e. The third-order valence-corrected chi connectivity index (χ3v) is 4.51. The molecule has 3 rings (SSSR count). The van der Waals surface area contributed by atoms with E-state index in [9.17, 15) is 0 Å². The molecule has 18 heavy (non-hydrogen) atoms. The molecule has 1 N–H and O–H groups in total. The van der Waals surface area contributed by atoms with Crippen molar-refractivity contribution in [1.82, 2.24) is 5.32 Å². The molecule has 2 aliphatic rings. The zero-order valence-electron chi connectivity index (χ0n) is 11.8. The smallest absolute Gasteiger partial charge is 0.119 e. The molecule has 1 aliphatic carbocycles. The van der Waals surface area contributed by atoms with E-state index in [1.807, 2.05) is 0 Å². The lowest BCUT2D eigenvalue weighted by Crippen LogP contribution is -2.42. The predicted molar refractivity (Wildman–Crippen MR) is 74.1 cm³/mol. The van der Waals surface area contributed by atoms with Crippen LogP contribution in [-0.2, 0) is 5.41 Å². The van der Waals surface area contributed by atoms with E-state index in [-0.39, 0.29) is 5.41 Å². The average molecular weight is 245 g/mol. The first-order chi connectivity index (χ1) is 8.46. The van der Waals surface area contributed by atoms with E-state index in [0.717, 1.165) is 12.3 Å². The van der Waals surface area contributed by atoms with Crippen molar-refractivity contribution in [2.45, 2.75) is 45.1 Å². The molecule has 2 nitrogen and oxygen atoms in total. The van der Waals surface area contributed by atoms with Crippen molar-refractivity contribution in [1.29, 1.82) is 0 Å². The highest BCUT2D eigenvalue weighted by Gasteiger charge is 2.50. The minimum Gasteiger partial charge on any atom is -0.497 e. The molecule has 1 aromatic carbocycles. The molecule has 1 fully saturated rings. The number of hydrogen-bond acceptors (Lipinski definition) is 2. The molecule has 1 heterocycles. The molecular weight excluding hydrogens is 222 g/mol. The van der Waals surface area contributed by atoms with Gasteiger partial charge < -0.3 is 10.1 Å². The minimum atomic E-state index is 0.250. The molecule has 0 bridgehead atoms. The Morgan fingerprint density at radius 2 is 2.00 bits per heavy atom. The van der Waals surface area contributed by atoms with Crippen LogP contribution in [0.2, 0.25) is 0 Å². The first-order valence-corrected chi connectivity index (χ1v) is 6.88. The van der Waals surface area contributed by atoms with Crippen LogP contribution >= 0.6 is 0 Å². The fourth-order valence-electron chi connectivity index (χ4n) is 3.25. The summed E-state index contributed by atoms with van der Waals surface area (Å²) in [5.74, 6) is 0.995. The van der Waals surface area contributed by atoms with E-state index in [4.69, 9.17) is 4.74 Å². The van der Waals surface area contributed by atoms with Crippen LogP contribution in [0.3, 0.4) is 0 Å². The lowest BCUT2D eigenvalue weighted by molar-refractivity contribution is 0.249. The maximum absolute atomic E-state index is 5.40. The summed E-state index contributed by atoms with van der Waals surface area (Å²) in [6.45, 7) is 8.05. The van der Waals surface area contributed by atoms with Crippen LogP contribution in [0.25, 0.3) is 0 Å². The largest absolute Gasteiger partial charge is 0.497 e. The molecule has 1 saturated carbocycles. The number of benzene rings is 1. The first-order valence-electron chi connectivity index (χ1n) is 6.88. The number of hydrogen-bond donors (Lipinski definition) is 1. The Morgan fingerprint density at radius 1 is 1.28 bits per heavy atom. The highest BCUT2D eigenvalue weighted by Crippen LogP contribution is 2.54. The van der Waals surface area contributed by atoms with Crippen molar-refractivity contribution >= 4 is 0 Å². The van der Waals surface area contributed by atoms with E-state index in [2.05, 4.69) is 44.3 Å². The van der Waals surface area contributed by atoms with E-state index >= 15 is 0 Å². The SMILES string of the molecule is COc1ccc2c(c1)C1(CC1)CNC2C(C)(C)C. The molecule has 1 aromatic rings. The minimum absolute atomic E-state index is 0.250. The van der Waals surface area contributed by atoms with Crippen LogP contribution < -0.4 is 10.1 Å². The first kappa shape index (κ1) is 12.0. The zero-order valence-corrected chi connectivity index (χ0v) is 11.8. The van der Waals surface area contributed by atoms with Gasteiger partial charge in [0.05, 0.1) is 7.11 Å². The number of fused-ring (bicyclic) bond motifs is 2. The van der Waals surface area contributed by atoms with Gasteiger partial charge in [0.25, 0.3) is 0 Å². The van der Waals surface area contributed by atoms with E-state index in [1.54, 1.807) is 7.11 Å². The van der Waals surface area contributed by atoms with Crippen LogP contribution in [0.5, 0.6) is 5.75 Å². The Kier molecular flexibility index (Phi) is 2.50. The molecule has 1 atom stereocenters. The van der Waals surface area contributed by atoms with E-state index in [1.165, 1.54) is 24.0 Å². The van der Waals surface area contributed by atoms with Gasteiger partial charge in [0.1, 0.15) is 5.75 Å². The number of rotatable bonds is 1. The molecule has 0 aromatic heterocycles. The van der Waals surface area contributed by atoms with Gasteiger partial charge >= 0.3 is 0 Å².